The lowest BCUT2D eigenvalue weighted by Crippen LogP contribution is -2.50. The second-order valence-corrected chi connectivity index (χ2v) is 8.02. The van der Waals surface area contributed by atoms with Gasteiger partial charge in [-0.15, -0.1) is 0 Å². The number of alkyl halides is 3. The molecule has 0 saturated carbocycles. The molecule has 2 heterocycles. The molecule has 3 amide bonds. The average Bonchev–Trinajstić information content (AvgIpc) is 3.44. The number of nitrogens with one attached hydrogen (secondary N) is 2. The zero-order valence-electron chi connectivity index (χ0n) is 17.8. The molecule has 3 aromatic rings. The summed E-state index contributed by atoms with van der Waals surface area (Å²) in [6, 6.07) is 14.3. The minimum absolute atomic E-state index is 0.251. The Bertz CT molecular complexity index is 1130. The van der Waals surface area contributed by atoms with Gasteiger partial charge in [0.15, 0.2) is 0 Å². The summed E-state index contributed by atoms with van der Waals surface area (Å²) in [5.41, 5.74) is 3.94. The lowest BCUT2D eigenvalue weighted by Gasteiger charge is -2.24. The maximum Gasteiger partial charge on any atom is 0.405 e. The summed E-state index contributed by atoms with van der Waals surface area (Å²) in [7, 11) is 0. The maximum absolute atomic E-state index is 12.5. The van der Waals surface area contributed by atoms with Crippen LogP contribution in [0.5, 0.6) is 0 Å². The number of amides is 3. The quantitative estimate of drug-likeness (QED) is 0.593. The second kappa shape index (κ2) is 9.51. The molecule has 1 aliphatic rings. The largest absolute Gasteiger partial charge is 0.405 e. The van der Waals surface area contributed by atoms with Gasteiger partial charge in [-0.05, 0) is 36.1 Å². The number of imidazole rings is 1. The number of rotatable bonds is 6. The summed E-state index contributed by atoms with van der Waals surface area (Å²) in [5, 5.41) is 4.62. The predicted octanol–water partition coefficient (Wildman–Crippen LogP) is 3.44. The fourth-order valence-electron chi connectivity index (χ4n) is 3.96. The van der Waals surface area contributed by atoms with Crippen molar-refractivity contribution in [3.63, 3.8) is 0 Å². The van der Waals surface area contributed by atoms with Gasteiger partial charge in [-0.1, -0.05) is 36.4 Å². The molecule has 0 spiro atoms. The van der Waals surface area contributed by atoms with Crippen molar-refractivity contribution in [3.8, 4) is 0 Å². The van der Waals surface area contributed by atoms with Gasteiger partial charge in [0.25, 0.3) is 0 Å². The molecule has 7 nitrogen and oxygen atoms in total. The highest BCUT2D eigenvalue weighted by Crippen LogP contribution is 2.19. The van der Waals surface area contributed by atoms with Gasteiger partial charge in [-0.2, -0.15) is 13.2 Å². The van der Waals surface area contributed by atoms with Crippen LogP contribution in [0.4, 0.5) is 18.0 Å². The Balaban J connectivity index is 1.30. The van der Waals surface area contributed by atoms with Crippen molar-refractivity contribution in [1.82, 2.24) is 25.1 Å². The molecule has 33 heavy (non-hydrogen) atoms. The van der Waals surface area contributed by atoms with E-state index in [4.69, 9.17) is 0 Å². The zero-order valence-corrected chi connectivity index (χ0v) is 17.8. The number of fused-ring (bicyclic) bond motifs is 1. The summed E-state index contributed by atoms with van der Waals surface area (Å²) < 4.78 is 39.1. The van der Waals surface area contributed by atoms with Crippen LogP contribution in [0.15, 0.2) is 54.9 Å². The highest BCUT2D eigenvalue weighted by Gasteiger charge is 2.36. The first-order valence-corrected chi connectivity index (χ1v) is 10.7. The van der Waals surface area contributed by atoms with Gasteiger partial charge in [0.2, 0.25) is 5.91 Å². The molecule has 1 atom stereocenters. The number of urea groups is 1. The number of carbonyl (C=O) groups excluding carboxylic acids is 2. The summed E-state index contributed by atoms with van der Waals surface area (Å²) in [4.78, 5) is 30.3. The third-order valence-corrected chi connectivity index (χ3v) is 5.63. The Morgan fingerprint density at radius 2 is 1.76 bits per heavy atom. The van der Waals surface area contributed by atoms with E-state index in [9.17, 15) is 22.8 Å². The molecule has 0 bridgehead atoms. The highest BCUT2D eigenvalue weighted by molar-refractivity contribution is 5.87. The smallest absolute Gasteiger partial charge is 0.345 e. The first kappa shape index (κ1) is 22.6. The molecule has 0 radical (unpaired) electrons. The van der Waals surface area contributed by atoms with Crippen LogP contribution < -0.4 is 10.6 Å². The Kier molecular flexibility index (Phi) is 6.52. The van der Waals surface area contributed by atoms with Crippen molar-refractivity contribution in [1.29, 1.82) is 0 Å². The van der Waals surface area contributed by atoms with Crippen LogP contribution in [0.1, 0.15) is 24.0 Å². The van der Waals surface area contributed by atoms with Gasteiger partial charge < -0.3 is 20.1 Å². The SMILES string of the molecule is O=C(NCC(F)(F)F)C1CCCN1C(=O)NCc1ccc(Cn2cnc3ccccc32)cc1. The van der Waals surface area contributed by atoms with Gasteiger partial charge in [-0.3, -0.25) is 4.79 Å². The third kappa shape index (κ3) is 5.63. The Morgan fingerprint density at radius 3 is 2.52 bits per heavy atom. The molecule has 1 unspecified atom stereocenters. The number of hydrogen-bond donors (Lipinski definition) is 2. The van der Waals surface area contributed by atoms with Gasteiger partial charge in [0.1, 0.15) is 12.6 Å². The number of hydrogen-bond acceptors (Lipinski definition) is 3. The van der Waals surface area contributed by atoms with Crippen LogP contribution in [-0.4, -0.2) is 51.7 Å². The molecule has 2 N–H and O–H groups in total. The summed E-state index contributed by atoms with van der Waals surface area (Å²) >= 11 is 0. The number of halogens is 3. The monoisotopic (exact) mass is 459 g/mol. The van der Waals surface area contributed by atoms with Crippen molar-refractivity contribution >= 4 is 23.0 Å². The lowest BCUT2D eigenvalue weighted by atomic mass is 10.1. The first-order chi connectivity index (χ1) is 15.8. The molecular formula is C23H24F3N5O2. The highest BCUT2D eigenvalue weighted by atomic mass is 19.4. The third-order valence-electron chi connectivity index (χ3n) is 5.63. The molecule has 1 aromatic heterocycles. The molecule has 1 saturated heterocycles. The summed E-state index contributed by atoms with van der Waals surface area (Å²) in [6.07, 6.45) is -1.78. The van der Waals surface area contributed by atoms with Crippen molar-refractivity contribution in [2.24, 2.45) is 0 Å². The number of para-hydroxylation sites is 2. The van der Waals surface area contributed by atoms with E-state index in [2.05, 4.69) is 14.9 Å². The van der Waals surface area contributed by atoms with Crippen LogP contribution >= 0.6 is 0 Å². The van der Waals surface area contributed by atoms with Crippen LogP contribution in [0, 0.1) is 0 Å². The molecule has 4 rings (SSSR count). The molecule has 0 aliphatic carbocycles. The zero-order chi connectivity index (χ0) is 23.4. The minimum atomic E-state index is -4.49. The van der Waals surface area contributed by atoms with Gasteiger partial charge in [0, 0.05) is 19.6 Å². The molecule has 10 heteroatoms. The molecule has 2 aromatic carbocycles. The number of aromatic nitrogens is 2. The first-order valence-electron chi connectivity index (χ1n) is 10.7. The lowest BCUT2D eigenvalue weighted by molar-refractivity contribution is -0.140. The van der Waals surface area contributed by atoms with E-state index in [0.717, 1.165) is 22.2 Å². The summed E-state index contributed by atoms with van der Waals surface area (Å²) in [6.45, 7) is -0.164. The number of carbonyl (C=O) groups is 2. The second-order valence-electron chi connectivity index (χ2n) is 8.02. The molecule has 1 fully saturated rings. The van der Waals surface area contributed by atoms with E-state index in [0.29, 0.717) is 25.9 Å². The molecule has 174 valence electrons. The van der Waals surface area contributed by atoms with Crippen LogP contribution in [0.2, 0.25) is 0 Å². The predicted molar refractivity (Wildman–Crippen MR) is 116 cm³/mol. The summed E-state index contributed by atoms with van der Waals surface area (Å²) in [5.74, 6) is -0.781. The van der Waals surface area contributed by atoms with E-state index < -0.39 is 30.7 Å². The van der Waals surface area contributed by atoms with E-state index >= 15 is 0 Å². The molecular weight excluding hydrogens is 435 g/mol. The van der Waals surface area contributed by atoms with Crippen molar-refractivity contribution in [2.75, 3.05) is 13.1 Å². The number of benzene rings is 2. The van der Waals surface area contributed by atoms with Crippen molar-refractivity contribution < 1.29 is 22.8 Å². The van der Waals surface area contributed by atoms with Gasteiger partial charge in [0.05, 0.1) is 17.4 Å². The van der Waals surface area contributed by atoms with Gasteiger partial charge in [-0.25, -0.2) is 9.78 Å². The molecule has 1 aliphatic heterocycles. The van der Waals surface area contributed by atoms with Crippen molar-refractivity contribution in [2.45, 2.75) is 38.1 Å². The fraction of sp³-hybridized carbons (Fsp3) is 0.348. The van der Waals surface area contributed by atoms with Crippen LogP contribution in [0.3, 0.4) is 0 Å². The topological polar surface area (TPSA) is 79.3 Å². The van der Waals surface area contributed by atoms with E-state index in [1.54, 1.807) is 6.33 Å². The standard InChI is InChI=1S/C23H24F3N5O2/c24-23(25,26)14-28-21(32)20-6-3-11-31(20)22(33)27-12-16-7-9-17(10-8-16)13-30-15-29-18-4-1-2-5-19(18)30/h1-2,4-5,7-10,15,20H,3,6,11-14H2,(H,27,33)(H,28,32). The van der Waals surface area contributed by atoms with Gasteiger partial charge >= 0.3 is 12.2 Å². The van der Waals surface area contributed by atoms with E-state index in [1.807, 2.05) is 53.8 Å². The Hall–Kier alpha value is -3.56. The number of likely N-dealkylation sites (tertiary alicyclic amines) is 1. The average molecular weight is 459 g/mol. The Labute approximate surface area is 188 Å². The van der Waals surface area contributed by atoms with Crippen LogP contribution in [0.25, 0.3) is 11.0 Å². The maximum atomic E-state index is 12.5. The van der Waals surface area contributed by atoms with Crippen molar-refractivity contribution in [3.05, 3.63) is 66.0 Å². The fourth-order valence-corrected chi connectivity index (χ4v) is 3.96. The minimum Gasteiger partial charge on any atom is -0.345 e. The normalized spacial score (nSPS) is 16.2. The van der Waals surface area contributed by atoms with Crippen LogP contribution in [-0.2, 0) is 17.9 Å². The Morgan fingerprint density at radius 1 is 1.03 bits per heavy atom. The van der Waals surface area contributed by atoms with E-state index in [-0.39, 0.29) is 6.54 Å². The number of nitrogens with zero attached hydrogens (tertiary/aromatic N) is 3. The van der Waals surface area contributed by atoms with E-state index in [1.165, 1.54) is 4.90 Å².